The molecule has 9 heteroatoms. The number of carbonyl (C=O) groups excluding carboxylic acids is 3. The van der Waals surface area contributed by atoms with Crippen molar-refractivity contribution in [3.63, 3.8) is 0 Å². The Hall–Kier alpha value is -2.84. The molecule has 2 N–H and O–H groups in total. The second-order valence-corrected chi connectivity index (χ2v) is 8.27. The third-order valence-electron chi connectivity index (χ3n) is 4.82. The van der Waals surface area contributed by atoms with Crippen LogP contribution in [0.25, 0.3) is 0 Å². The fourth-order valence-electron chi connectivity index (χ4n) is 3.31. The number of carbonyl (C=O) groups is 3. The molecular weight excluding hydrogens is 379 g/mol. The Morgan fingerprint density at radius 3 is 2.48 bits per heavy atom. The zero-order chi connectivity index (χ0) is 21.2. The van der Waals surface area contributed by atoms with Gasteiger partial charge in [0.25, 0.3) is 0 Å². The quantitative estimate of drug-likeness (QED) is 0.747. The number of amides is 3. The van der Waals surface area contributed by atoms with Crippen LogP contribution >= 0.6 is 0 Å². The molecule has 1 aromatic carbocycles. The maximum atomic E-state index is 14.6. The summed E-state index contributed by atoms with van der Waals surface area (Å²) in [6, 6.07) is 4.15. The van der Waals surface area contributed by atoms with E-state index in [9.17, 15) is 18.8 Å². The van der Waals surface area contributed by atoms with Gasteiger partial charge in [-0.2, -0.15) is 0 Å². The van der Waals surface area contributed by atoms with E-state index in [1.165, 1.54) is 6.07 Å². The van der Waals surface area contributed by atoms with Crippen molar-refractivity contribution in [2.75, 3.05) is 36.4 Å². The predicted molar refractivity (Wildman–Crippen MR) is 106 cm³/mol. The molecule has 2 fully saturated rings. The van der Waals surface area contributed by atoms with Crippen LogP contribution in [0.5, 0.6) is 0 Å². The summed E-state index contributed by atoms with van der Waals surface area (Å²) in [6.45, 7) is 7.60. The highest BCUT2D eigenvalue weighted by Crippen LogP contribution is 2.25. The summed E-state index contributed by atoms with van der Waals surface area (Å²) in [7, 11) is 0. The molecule has 1 aromatic rings. The molecule has 8 nitrogen and oxygen atoms in total. The van der Waals surface area contributed by atoms with Crippen LogP contribution in [0, 0.1) is 5.82 Å². The number of rotatable bonds is 3. The summed E-state index contributed by atoms with van der Waals surface area (Å²) in [4.78, 5) is 38.9. The first-order chi connectivity index (χ1) is 13.6. The number of hydrogen-bond donors (Lipinski definition) is 2. The zero-order valence-electron chi connectivity index (χ0n) is 17.0. The molecule has 158 valence electrons. The van der Waals surface area contributed by atoms with Crippen molar-refractivity contribution in [2.45, 2.75) is 45.3 Å². The molecule has 0 spiro atoms. The highest BCUT2D eigenvalue weighted by atomic mass is 19.1. The lowest BCUT2D eigenvalue weighted by atomic mass is 10.1. The number of piperidine rings is 1. The topological polar surface area (TPSA) is 91.0 Å². The Bertz CT molecular complexity index is 800. The fourth-order valence-corrected chi connectivity index (χ4v) is 3.31. The van der Waals surface area contributed by atoms with Crippen molar-refractivity contribution in [1.82, 2.24) is 10.2 Å². The normalized spacial score (nSPS) is 20.3. The van der Waals surface area contributed by atoms with Crippen LogP contribution in [0.1, 0.15) is 33.6 Å². The molecule has 1 atom stereocenters. The molecule has 29 heavy (non-hydrogen) atoms. The monoisotopic (exact) mass is 406 g/mol. The minimum Gasteiger partial charge on any atom is -0.444 e. The zero-order valence-corrected chi connectivity index (χ0v) is 17.0. The van der Waals surface area contributed by atoms with Crippen LogP contribution in [-0.4, -0.2) is 60.6 Å². The lowest BCUT2D eigenvalue weighted by Crippen LogP contribution is -2.50. The molecule has 0 radical (unpaired) electrons. The first-order valence-electron chi connectivity index (χ1n) is 9.75. The number of hydrogen-bond acceptors (Lipinski definition) is 6. The van der Waals surface area contributed by atoms with Gasteiger partial charge in [-0.1, -0.05) is 0 Å². The van der Waals surface area contributed by atoms with Gasteiger partial charge in [-0.15, -0.1) is 0 Å². The van der Waals surface area contributed by atoms with Crippen molar-refractivity contribution in [3.05, 3.63) is 24.0 Å². The average Bonchev–Trinajstić information content (AvgIpc) is 2.64. The van der Waals surface area contributed by atoms with Crippen LogP contribution in [-0.2, 0) is 14.3 Å². The summed E-state index contributed by atoms with van der Waals surface area (Å²) in [5.41, 5.74) is 0.388. The molecule has 0 aliphatic carbocycles. The van der Waals surface area contributed by atoms with Gasteiger partial charge in [-0.25, -0.2) is 9.18 Å². The number of imide groups is 1. The predicted octanol–water partition coefficient (Wildman–Crippen LogP) is 2.10. The Morgan fingerprint density at radius 1 is 1.21 bits per heavy atom. The van der Waals surface area contributed by atoms with Crippen LogP contribution in [0.3, 0.4) is 0 Å². The minimum atomic E-state index is -0.634. The standard InChI is InChI=1S/C20H27FN4O4/c1-20(2,3)29-19(28)25-10-8-24(9-11-25)13-4-5-15(14(21)12-13)22-16-6-7-17(26)23-18(16)27/h4-5,12,16,22H,6-11H2,1-3H3,(H,23,26,27)/t16-/m0/s1. The van der Waals surface area contributed by atoms with Gasteiger partial charge < -0.3 is 19.9 Å². The highest BCUT2D eigenvalue weighted by Gasteiger charge is 2.28. The Balaban J connectivity index is 1.58. The van der Waals surface area contributed by atoms with Gasteiger partial charge in [0.15, 0.2) is 0 Å². The smallest absolute Gasteiger partial charge is 0.410 e. The van der Waals surface area contributed by atoms with E-state index < -0.39 is 23.4 Å². The molecular formula is C20H27FN4O4. The maximum absolute atomic E-state index is 14.6. The second-order valence-electron chi connectivity index (χ2n) is 8.27. The second kappa shape index (κ2) is 8.26. The van der Waals surface area contributed by atoms with E-state index >= 15 is 0 Å². The molecule has 0 unspecified atom stereocenters. The summed E-state index contributed by atoms with van der Waals surface area (Å²) in [5.74, 6) is -1.22. The molecule has 3 rings (SSSR count). The van der Waals surface area contributed by atoms with Crippen molar-refractivity contribution >= 4 is 29.3 Å². The molecule has 2 heterocycles. The van der Waals surface area contributed by atoms with Gasteiger partial charge in [0.1, 0.15) is 17.5 Å². The van der Waals surface area contributed by atoms with Gasteiger partial charge in [-0.3, -0.25) is 14.9 Å². The van der Waals surface area contributed by atoms with Gasteiger partial charge in [0, 0.05) is 38.3 Å². The average molecular weight is 406 g/mol. The Kier molecular flexibility index (Phi) is 5.95. The van der Waals surface area contributed by atoms with Crippen molar-refractivity contribution in [1.29, 1.82) is 0 Å². The van der Waals surface area contributed by atoms with Crippen molar-refractivity contribution in [3.8, 4) is 0 Å². The number of anilines is 2. The van der Waals surface area contributed by atoms with Gasteiger partial charge in [-0.05, 0) is 45.4 Å². The lowest BCUT2D eigenvalue weighted by molar-refractivity contribution is -0.133. The SMILES string of the molecule is CC(C)(C)OC(=O)N1CCN(c2ccc(N[C@H]3CCC(=O)NC3=O)c(F)c2)CC1. The molecule has 2 aliphatic rings. The number of halogens is 1. The van der Waals surface area contributed by atoms with Crippen LogP contribution < -0.4 is 15.5 Å². The lowest BCUT2D eigenvalue weighted by Gasteiger charge is -2.36. The molecule has 0 saturated carbocycles. The number of nitrogens with zero attached hydrogens (tertiary/aromatic N) is 2. The number of nitrogens with one attached hydrogen (secondary N) is 2. The summed E-state index contributed by atoms with van der Waals surface area (Å²) < 4.78 is 20.0. The first-order valence-corrected chi connectivity index (χ1v) is 9.75. The van der Waals surface area contributed by atoms with E-state index in [-0.39, 0.29) is 24.1 Å². The largest absolute Gasteiger partial charge is 0.444 e. The van der Waals surface area contributed by atoms with E-state index in [2.05, 4.69) is 10.6 Å². The highest BCUT2D eigenvalue weighted by molar-refractivity contribution is 6.01. The van der Waals surface area contributed by atoms with E-state index in [1.807, 2.05) is 25.7 Å². The van der Waals surface area contributed by atoms with Gasteiger partial charge in [0.05, 0.1) is 5.69 Å². The van der Waals surface area contributed by atoms with Gasteiger partial charge in [0.2, 0.25) is 11.8 Å². The van der Waals surface area contributed by atoms with E-state index in [0.29, 0.717) is 38.3 Å². The molecule has 0 bridgehead atoms. The van der Waals surface area contributed by atoms with E-state index in [4.69, 9.17) is 4.74 Å². The summed E-state index contributed by atoms with van der Waals surface area (Å²) in [5, 5.41) is 5.11. The number of ether oxygens (including phenoxy) is 1. The summed E-state index contributed by atoms with van der Waals surface area (Å²) in [6.07, 6.45) is 0.218. The van der Waals surface area contributed by atoms with Crippen molar-refractivity contribution in [2.24, 2.45) is 0 Å². The number of piperazine rings is 1. The maximum Gasteiger partial charge on any atom is 0.410 e. The molecule has 3 amide bonds. The number of benzene rings is 1. The molecule has 2 aliphatic heterocycles. The molecule has 0 aromatic heterocycles. The Morgan fingerprint density at radius 2 is 1.90 bits per heavy atom. The van der Waals surface area contributed by atoms with Crippen molar-refractivity contribution < 1.29 is 23.5 Å². The fraction of sp³-hybridized carbons (Fsp3) is 0.550. The minimum absolute atomic E-state index is 0.218. The van der Waals surface area contributed by atoms with Crippen LogP contribution in [0.15, 0.2) is 18.2 Å². The van der Waals surface area contributed by atoms with Crippen LogP contribution in [0.4, 0.5) is 20.6 Å². The van der Waals surface area contributed by atoms with Gasteiger partial charge >= 0.3 is 6.09 Å². The third-order valence-corrected chi connectivity index (χ3v) is 4.82. The third kappa shape index (κ3) is 5.36. The van der Waals surface area contributed by atoms with E-state index in [0.717, 1.165) is 0 Å². The summed E-state index contributed by atoms with van der Waals surface area (Å²) >= 11 is 0. The molecule has 2 saturated heterocycles. The van der Waals surface area contributed by atoms with E-state index in [1.54, 1.807) is 17.0 Å². The Labute approximate surface area is 169 Å². The van der Waals surface area contributed by atoms with Crippen LogP contribution in [0.2, 0.25) is 0 Å². The first kappa shape index (κ1) is 20.9.